The second-order valence-electron chi connectivity index (χ2n) is 11.8. The van der Waals surface area contributed by atoms with Crippen LogP contribution in [-0.4, -0.2) is 86.6 Å². The van der Waals surface area contributed by atoms with Crippen molar-refractivity contribution in [2.45, 2.75) is 58.8 Å². The molecule has 0 atom stereocenters. The Balaban J connectivity index is 1.27. The lowest BCUT2D eigenvalue weighted by Gasteiger charge is -2.14. The molecule has 0 unspecified atom stereocenters. The van der Waals surface area contributed by atoms with Crippen LogP contribution in [0.5, 0.6) is 0 Å². The lowest BCUT2D eigenvalue weighted by atomic mass is 9.98. The number of hydrogen-bond acceptors (Lipinski definition) is 16. The Hall–Kier alpha value is -5.15. The highest BCUT2D eigenvalue weighted by Crippen LogP contribution is 2.30. The Labute approximate surface area is 314 Å². The number of esters is 1. The Morgan fingerprint density at radius 1 is 0.815 bits per heavy atom. The second kappa shape index (κ2) is 19.8. The van der Waals surface area contributed by atoms with Crippen LogP contribution in [-0.2, 0) is 45.3 Å². The monoisotopic (exact) mass is 766 g/mol. The van der Waals surface area contributed by atoms with E-state index in [-0.39, 0.29) is 48.4 Å². The first kappa shape index (κ1) is 40.0. The number of nitrogens with zero attached hydrogens (tertiary/aromatic N) is 8. The fourth-order valence-electron chi connectivity index (χ4n) is 5.36. The molecule has 54 heavy (non-hydrogen) atoms. The summed E-state index contributed by atoms with van der Waals surface area (Å²) in [5, 5.41) is 46.4. The van der Waals surface area contributed by atoms with Gasteiger partial charge in [0.25, 0.3) is 0 Å². The summed E-state index contributed by atoms with van der Waals surface area (Å²) >= 11 is 6.62. The maximum absolute atomic E-state index is 13.0. The third-order valence-electron chi connectivity index (χ3n) is 8.03. The van der Waals surface area contributed by atoms with E-state index in [4.69, 9.17) is 41.9 Å². The van der Waals surface area contributed by atoms with Crippen molar-refractivity contribution < 1.29 is 49.6 Å². The molecule has 0 aliphatic carbocycles. The molecule has 2 heterocycles. The highest BCUT2D eigenvalue weighted by molar-refractivity contribution is 6.30. The molecule has 0 saturated carbocycles. The van der Waals surface area contributed by atoms with Crippen molar-refractivity contribution in [3.63, 3.8) is 0 Å². The molecule has 19 heteroatoms. The minimum Gasteiger partial charge on any atom is -0.456 e. The molecule has 3 aromatic carbocycles. The van der Waals surface area contributed by atoms with E-state index in [0.29, 0.717) is 42.6 Å². The minimum absolute atomic E-state index is 0.0264. The molecular weight excluding hydrogens is 728 g/mol. The molecule has 0 amide bonds. The number of carbonyl (C=O) groups excluding carboxylic acids is 2. The third-order valence-corrected chi connectivity index (χ3v) is 8.33. The van der Waals surface area contributed by atoms with E-state index >= 15 is 0 Å². The zero-order valence-electron chi connectivity index (χ0n) is 29.2. The van der Waals surface area contributed by atoms with Gasteiger partial charge in [0.05, 0.1) is 41.9 Å². The Bertz CT molecular complexity index is 1990. The number of unbranched alkanes of at least 4 members (excludes halogenated alkanes) is 2. The van der Waals surface area contributed by atoms with Gasteiger partial charge >= 0.3 is 12.1 Å². The fraction of sp³-hybridized carbons (Fsp3) is 0.314. The maximum atomic E-state index is 13.0. The van der Waals surface area contributed by atoms with Gasteiger partial charge in [0.15, 0.2) is 5.15 Å². The van der Waals surface area contributed by atoms with Crippen LogP contribution < -0.4 is 0 Å². The van der Waals surface area contributed by atoms with Crippen LogP contribution in [0, 0.1) is 0 Å². The SMILES string of the molecule is CCCCc1nc(Cl)c(COC(=O)c2cccc(CON(O)O)c2)n1Cc1ccc(-c2ccccc2-c2nnn(C(=O)OCCCCON(O)O)n2)cc1. The van der Waals surface area contributed by atoms with E-state index in [2.05, 4.69) is 37.0 Å². The topological polar surface area (TPSA) is 220 Å². The predicted molar refractivity (Wildman–Crippen MR) is 187 cm³/mol. The van der Waals surface area contributed by atoms with Gasteiger partial charge in [-0.2, -0.15) is 0 Å². The molecular formula is C35H39ClN8O10. The van der Waals surface area contributed by atoms with E-state index in [1.54, 1.807) is 18.2 Å². The summed E-state index contributed by atoms with van der Waals surface area (Å²) in [5.41, 5.74) is 4.57. The molecule has 0 bridgehead atoms. The molecule has 0 aliphatic heterocycles. The lowest BCUT2D eigenvalue weighted by molar-refractivity contribution is -0.497. The van der Waals surface area contributed by atoms with E-state index in [1.807, 2.05) is 53.1 Å². The first-order chi connectivity index (χ1) is 26.1. The maximum Gasteiger partial charge on any atom is 0.453 e. The summed E-state index contributed by atoms with van der Waals surface area (Å²) in [6.45, 7) is 2.25. The van der Waals surface area contributed by atoms with Crippen molar-refractivity contribution in [2.75, 3.05) is 13.2 Å². The van der Waals surface area contributed by atoms with E-state index in [9.17, 15) is 9.59 Å². The number of aryl methyl sites for hydroxylation is 1. The second-order valence-corrected chi connectivity index (χ2v) is 12.2. The molecule has 5 aromatic rings. The summed E-state index contributed by atoms with van der Waals surface area (Å²) < 4.78 is 12.8. The van der Waals surface area contributed by atoms with Crippen molar-refractivity contribution in [1.29, 1.82) is 0 Å². The average molecular weight is 767 g/mol. The molecule has 286 valence electrons. The number of hydrogen-bond donors (Lipinski definition) is 4. The zero-order valence-corrected chi connectivity index (χ0v) is 29.9. The third kappa shape index (κ3) is 11.2. The van der Waals surface area contributed by atoms with Crippen molar-refractivity contribution in [3.8, 4) is 22.5 Å². The van der Waals surface area contributed by atoms with Gasteiger partial charge in [-0.15, -0.1) is 10.2 Å². The standard InChI is InChI=1S/C35H39ClN8O10/c1-2-3-13-31-37-32(36)30(23-52-34(45)27-10-8-9-25(20-27)22-54-44(49)50)41(31)21-24-14-16-26(17-15-24)28-11-4-5-12-29(28)33-38-40-42(39-33)35(46)51-18-6-7-19-53-43(47)48/h4-5,8-12,14-17,20,47-50H,2-3,6-7,13,18-19,21-23H2,1H3. The van der Waals surface area contributed by atoms with Gasteiger partial charge in [-0.25, -0.2) is 19.4 Å². The number of aromatic nitrogens is 6. The largest absolute Gasteiger partial charge is 0.456 e. The van der Waals surface area contributed by atoms with Crippen LogP contribution in [0.15, 0.2) is 72.8 Å². The van der Waals surface area contributed by atoms with Crippen molar-refractivity contribution in [3.05, 3.63) is 106 Å². The van der Waals surface area contributed by atoms with Crippen molar-refractivity contribution in [1.82, 2.24) is 40.5 Å². The quantitative estimate of drug-likeness (QED) is 0.0437. The number of ether oxygens (including phenoxy) is 2. The van der Waals surface area contributed by atoms with Crippen LogP contribution >= 0.6 is 11.6 Å². The van der Waals surface area contributed by atoms with Crippen molar-refractivity contribution >= 4 is 23.7 Å². The average Bonchev–Trinajstić information content (AvgIpc) is 3.78. The smallest absolute Gasteiger partial charge is 0.453 e. The summed E-state index contributed by atoms with van der Waals surface area (Å²) in [4.78, 5) is 39.9. The summed E-state index contributed by atoms with van der Waals surface area (Å²) in [5.74, 6) is 0.387. The first-order valence-corrected chi connectivity index (χ1v) is 17.3. The van der Waals surface area contributed by atoms with Crippen LogP contribution in [0.2, 0.25) is 5.15 Å². The number of carbonyl (C=O) groups is 2. The molecule has 0 fully saturated rings. The van der Waals surface area contributed by atoms with Gasteiger partial charge in [-0.05, 0) is 58.9 Å². The number of rotatable bonds is 19. The zero-order chi connectivity index (χ0) is 38.5. The highest BCUT2D eigenvalue weighted by atomic mass is 35.5. The molecule has 4 N–H and O–H groups in total. The van der Waals surface area contributed by atoms with E-state index in [0.717, 1.165) is 40.2 Å². The Morgan fingerprint density at radius 3 is 2.30 bits per heavy atom. The van der Waals surface area contributed by atoms with E-state index in [1.165, 1.54) is 6.07 Å². The molecule has 18 nitrogen and oxygen atoms in total. The molecule has 0 spiro atoms. The fourth-order valence-corrected chi connectivity index (χ4v) is 5.62. The van der Waals surface area contributed by atoms with Crippen molar-refractivity contribution in [2.24, 2.45) is 0 Å². The summed E-state index contributed by atoms with van der Waals surface area (Å²) in [6.07, 6.45) is 2.52. The lowest BCUT2D eigenvalue weighted by Crippen LogP contribution is -2.18. The molecule has 0 aliphatic rings. The van der Waals surface area contributed by atoms with Crippen LogP contribution in [0.3, 0.4) is 0 Å². The molecule has 2 aromatic heterocycles. The summed E-state index contributed by atoms with van der Waals surface area (Å²) in [7, 11) is 0. The van der Waals surface area contributed by atoms with Crippen LogP contribution in [0.4, 0.5) is 4.79 Å². The molecule has 0 saturated heterocycles. The first-order valence-electron chi connectivity index (χ1n) is 16.9. The number of benzene rings is 3. The van der Waals surface area contributed by atoms with Gasteiger partial charge in [0.1, 0.15) is 12.4 Å². The number of halogens is 1. The summed E-state index contributed by atoms with van der Waals surface area (Å²) in [6, 6.07) is 21.7. The number of tetrazole rings is 1. The normalized spacial score (nSPS) is 11.4. The Morgan fingerprint density at radius 2 is 1.56 bits per heavy atom. The highest BCUT2D eigenvalue weighted by Gasteiger charge is 2.20. The van der Waals surface area contributed by atoms with Gasteiger partial charge in [0, 0.05) is 18.5 Å². The molecule has 5 rings (SSSR count). The number of imidazole rings is 1. The van der Waals surface area contributed by atoms with Gasteiger partial charge < -0.3 is 14.0 Å². The van der Waals surface area contributed by atoms with Gasteiger partial charge in [-0.3, -0.25) is 25.7 Å². The van der Waals surface area contributed by atoms with Gasteiger partial charge in [-0.1, -0.05) is 90.4 Å². The van der Waals surface area contributed by atoms with Crippen LogP contribution in [0.25, 0.3) is 22.5 Å². The minimum atomic E-state index is -0.812. The Kier molecular flexibility index (Phi) is 14.7. The van der Waals surface area contributed by atoms with Gasteiger partial charge in [0.2, 0.25) is 5.82 Å². The molecule has 0 radical (unpaired) electrons. The van der Waals surface area contributed by atoms with E-state index < -0.39 is 17.5 Å². The van der Waals surface area contributed by atoms with Crippen LogP contribution in [0.1, 0.15) is 65.6 Å². The predicted octanol–water partition coefficient (Wildman–Crippen LogP) is 5.89.